The predicted octanol–water partition coefficient (Wildman–Crippen LogP) is 2.93. The minimum atomic E-state index is -0.838. The van der Waals surface area contributed by atoms with E-state index in [1.54, 1.807) is 6.07 Å². The van der Waals surface area contributed by atoms with Gasteiger partial charge in [-0.1, -0.05) is 19.1 Å². The van der Waals surface area contributed by atoms with Crippen LogP contribution in [0.3, 0.4) is 0 Å². The number of anilines is 1. The molecule has 17 heavy (non-hydrogen) atoms. The van der Waals surface area contributed by atoms with Crippen molar-refractivity contribution >= 4 is 11.7 Å². The van der Waals surface area contributed by atoms with Crippen molar-refractivity contribution in [3.63, 3.8) is 0 Å². The van der Waals surface area contributed by atoms with Crippen LogP contribution in [-0.2, 0) is 0 Å². The molecular weight excluding hydrogens is 214 g/mol. The van der Waals surface area contributed by atoms with Crippen LogP contribution < -0.4 is 4.90 Å². The van der Waals surface area contributed by atoms with Gasteiger partial charge in [-0.2, -0.15) is 0 Å². The first-order valence-corrected chi connectivity index (χ1v) is 6.10. The van der Waals surface area contributed by atoms with Crippen molar-refractivity contribution in [3.8, 4) is 0 Å². The molecule has 1 heterocycles. The van der Waals surface area contributed by atoms with Gasteiger partial charge in [-0.05, 0) is 37.8 Å². The van der Waals surface area contributed by atoms with Crippen molar-refractivity contribution in [3.05, 3.63) is 29.3 Å². The zero-order valence-electron chi connectivity index (χ0n) is 10.6. The van der Waals surface area contributed by atoms with Gasteiger partial charge in [-0.25, -0.2) is 4.79 Å². The zero-order chi connectivity index (χ0) is 12.6. The molecule has 1 aliphatic rings. The lowest BCUT2D eigenvalue weighted by molar-refractivity contribution is 0.0697. The molecule has 1 N–H and O–H groups in total. The third-order valence-electron chi connectivity index (χ3n) is 3.54. The van der Waals surface area contributed by atoms with Crippen molar-refractivity contribution in [1.82, 2.24) is 0 Å². The molecule has 1 aromatic rings. The van der Waals surface area contributed by atoms with Gasteiger partial charge < -0.3 is 10.0 Å². The van der Waals surface area contributed by atoms with E-state index in [1.165, 1.54) is 0 Å². The number of para-hydroxylation sites is 1. The number of carboxylic acids is 1. The van der Waals surface area contributed by atoms with Crippen LogP contribution in [0.2, 0.25) is 0 Å². The topological polar surface area (TPSA) is 40.5 Å². The SMILES string of the molecule is Cc1cccc(C(=O)O)c1N1CC(C)CC1C. The minimum Gasteiger partial charge on any atom is -0.478 e. The fraction of sp³-hybridized carbons (Fsp3) is 0.500. The van der Waals surface area contributed by atoms with Gasteiger partial charge in [0.15, 0.2) is 0 Å². The van der Waals surface area contributed by atoms with Crippen LogP contribution >= 0.6 is 0 Å². The molecule has 0 saturated carbocycles. The van der Waals surface area contributed by atoms with Crippen LogP contribution in [0.15, 0.2) is 18.2 Å². The minimum absolute atomic E-state index is 0.421. The van der Waals surface area contributed by atoms with Gasteiger partial charge in [-0.3, -0.25) is 0 Å². The highest BCUT2D eigenvalue weighted by Gasteiger charge is 2.29. The summed E-state index contributed by atoms with van der Waals surface area (Å²) in [7, 11) is 0. The number of aryl methyl sites for hydroxylation is 1. The van der Waals surface area contributed by atoms with Crippen molar-refractivity contribution in [2.45, 2.75) is 33.2 Å². The van der Waals surface area contributed by atoms with Gasteiger partial charge in [0, 0.05) is 12.6 Å². The summed E-state index contributed by atoms with van der Waals surface area (Å²) >= 11 is 0. The standard InChI is InChI=1S/C14H19NO2/c1-9-7-11(3)15(8-9)13-10(2)5-4-6-12(13)14(16)17/h4-6,9,11H,7-8H2,1-3H3,(H,16,17). The molecule has 1 saturated heterocycles. The van der Waals surface area contributed by atoms with E-state index in [0.717, 1.165) is 24.2 Å². The third kappa shape index (κ3) is 2.14. The highest BCUT2D eigenvalue weighted by molar-refractivity contribution is 5.95. The molecular formula is C14H19NO2. The van der Waals surface area contributed by atoms with Crippen LogP contribution in [0.5, 0.6) is 0 Å². The Labute approximate surface area is 102 Å². The summed E-state index contributed by atoms with van der Waals surface area (Å²) in [6, 6.07) is 5.91. The van der Waals surface area contributed by atoms with Crippen LogP contribution in [-0.4, -0.2) is 23.7 Å². The van der Waals surface area contributed by atoms with Gasteiger partial charge in [0.1, 0.15) is 0 Å². The van der Waals surface area contributed by atoms with E-state index in [4.69, 9.17) is 0 Å². The van der Waals surface area contributed by atoms with Crippen LogP contribution in [0, 0.1) is 12.8 Å². The zero-order valence-corrected chi connectivity index (χ0v) is 10.6. The first kappa shape index (κ1) is 12.0. The molecule has 0 amide bonds. The average molecular weight is 233 g/mol. The van der Waals surface area contributed by atoms with Crippen molar-refractivity contribution in [2.75, 3.05) is 11.4 Å². The van der Waals surface area contributed by atoms with Gasteiger partial charge in [0.25, 0.3) is 0 Å². The number of carboxylic acid groups (broad SMARTS) is 1. The number of hydrogen-bond acceptors (Lipinski definition) is 2. The summed E-state index contributed by atoms with van der Waals surface area (Å²) in [5.74, 6) is -0.207. The maximum absolute atomic E-state index is 11.3. The normalized spacial score (nSPS) is 24.1. The number of nitrogens with zero attached hydrogens (tertiary/aromatic N) is 1. The second kappa shape index (κ2) is 4.40. The summed E-state index contributed by atoms with van der Waals surface area (Å²) < 4.78 is 0. The molecule has 0 aliphatic carbocycles. The smallest absolute Gasteiger partial charge is 0.337 e. The van der Waals surface area contributed by atoms with Crippen LogP contribution in [0.25, 0.3) is 0 Å². The summed E-state index contributed by atoms with van der Waals surface area (Å²) in [6.45, 7) is 7.32. The van der Waals surface area contributed by atoms with Crippen LogP contribution in [0.4, 0.5) is 5.69 Å². The molecule has 1 fully saturated rings. The Kier molecular flexibility index (Phi) is 3.09. The van der Waals surface area contributed by atoms with E-state index in [-0.39, 0.29) is 0 Å². The predicted molar refractivity (Wildman–Crippen MR) is 68.7 cm³/mol. The molecule has 0 aromatic heterocycles. The lowest BCUT2D eigenvalue weighted by atomic mass is 10.1. The number of rotatable bonds is 2. The number of hydrogen-bond donors (Lipinski definition) is 1. The lowest BCUT2D eigenvalue weighted by Gasteiger charge is -2.27. The highest BCUT2D eigenvalue weighted by atomic mass is 16.4. The summed E-state index contributed by atoms with van der Waals surface area (Å²) in [4.78, 5) is 13.5. The molecule has 2 atom stereocenters. The molecule has 1 aromatic carbocycles. The Morgan fingerprint density at radius 1 is 1.41 bits per heavy atom. The van der Waals surface area contributed by atoms with Crippen LogP contribution in [0.1, 0.15) is 36.2 Å². The van der Waals surface area contributed by atoms with Crippen molar-refractivity contribution < 1.29 is 9.90 Å². The molecule has 3 nitrogen and oxygen atoms in total. The van der Waals surface area contributed by atoms with E-state index in [2.05, 4.69) is 18.7 Å². The largest absolute Gasteiger partial charge is 0.478 e. The molecule has 1 aliphatic heterocycles. The Hall–Kier alpha value is -1.51. The fourth-order valence-electron chi connectivity index (χ4n) is 2.82. The van der Waals surface area contributed by atoms with E-state index < -0.39 is 5.97 Å². The maximum Gasteiger partial charge on any atom is 0.337 e. The van der Waals surface area contributed by atoms with E-state index in [9.17, 15) is 9.90 Å². The molecule has 3 heteroatoms. The molecule has 0 bridgehead atoms. The lowest BCUT2D eigenvalue weighted by Crippen LogP contribution is -2.29. The molecule has 92 valence electrons. The second-order valence-electron chi connectivity index (χ2n) is 5.12. The molecule has 2 rings (SSSR count). The van der Waals surface area contributed by atoms with Gasteiger partial charge in [-0.15, -0.1) is 0 Å². The number of carbonyl (C=O) groups is 1. The summed E-state index contributed by atoms with van der Waals surface area (Å²) in [5.41, 5.74) is 2.37. The molecule has 2 unspecified atom stereocenters. The Morgan fingerprint density at radius 2 is 2.12 bits per heavy atom. The monoisotopic (exact) mass is 233 g/mol. The number of benzene rings is 1. The second-order valence-corrected chi connectivity index (χ2v) is 5.12. The molecule has 0 radical (unpaired) electrons. The first-order valence-electron chi connectivity index (χ1n) is 6.10. The number of aromatic carboxylic acids is 1. The third-order valence-corrected chi connectivity index (χ3v) is 3.54. The fourth-order valence-corrected chi connectivity index (χ4v) is 2.82. The van der Waals surface area contributed by atoms with E-state index in [0.29, 0.717) is 17.5 Å². The van der Waals surface area contributed by atoms with Crippen molar-refractivity contribution in [1.29, 1.82) is 0 Å². The Morgan fingerprint density at radius 3 is 2.65 bits per heavy atom. The average Bonchev–Trinajstić information content (AvgIpc) is 2.57. The maximum atomic E-state index is 11.3. The molecule has 0 spiro atoms. The highest BCUT2D eigenvalue weighted by Crippen LogP contribution is 2.33. The Balaban J connectivity index is 2.47. The van der Waals surface area contributed by atoms with Gasteiger partial charge in [0.2, 0.25) is 0 Å². The summed E-state index contributed by atoms with van der Waals surface area (Å²) in [6.07, 6.45) is 1.13. The Bertz CT molecular complexity index is 442. The summed E-state index contributed by atoms with van der Waals surface area (Å²) in [5, 5.41) is 9.28. The van der Waals surface area contributed by atoms with E-state index in [1.807, 2.05) is 19.1 Å². The van der Waals surface area contributed by atoms with Gasteiger partial charge >= 0.3 is 5.97 Å². The van der Waals surface area contributed by atoms with E-state index >= 15 is 0 Å². The quantitative estimate of drug-likeness (QED) is 0.853. The first-order chi connectivity index (χ1) is 8.00. The van der Waals surface area contributed by atoms with Gasteiger partial charge in [0.05, 0.1) is 11.3 Å². The van der Waals surface area contributed by atoms with Crippen molar-refractivity contribution in [2.24, 2.45) is 5.92 Å².